The zero-order valence-electron chi connectivity index (χ0n) is 18.9. The number of carboxylic acid groups (broad SMARTS) is 1. The second-order valence-electron chi connectivity index (χ2n) is 9.14. The quantitative estimate of drug-likeness (QED) is 0.548. The number of pyridine rings is 1. The van der Waals surface area contributed by atoms with Gasteiger partial charge in [-0.1, -0.05) is 5.21 Å². The standard InChI is InChI=1S/C23H28N6O4/c1-13-19(32-16-5-3-4-15(11-16)23(30)31)9-8-17(24-13)22-18(29(2)28-27-22)12-21-26-25-20(33-21)10-14-6-7-14/h8-9,14-16H,3-7,10-12H2,1-2H3,(H,30,31)/t15-,16-/m0/s1. The monoisotopic (exact) mass is 452 g/mol. The van der Waals surface area contributed by atoms with Gasteiger partial charge in [0.15, 0.2) is 0 Å². The van der Waals surface area contributed by atoms with Crippen LogP contribution in [-0.2, 0) is 24.7 Å². The highest BCUT2D eigenvalue weighted by Gasteiger charge is 2.29. The highest BCUT2D eigenvalue weighted by molar-refractivity contribution is 5.70. The Labute approximate surface area is 191 Å². The number of carbonyl (C=O) groups is 1. The van der Waals surface area contributed by atoms with Crippen molar-refractivity contribution in [3.05, 3.63) is 35.3 Å². The van der Waals surface area contributed by atoms with E-state index in [2.05, 4.69) is 20.5 Å². The van der Waals surface area contributed by atoms with Crippen LogP contribution in [0.2, 0.25) is 0 Å². The van der Waals surface area contributed by atoms with Gasteiger partial charge in [0, 0.05) is 13.5 Å². The maximum absolute atomic E-state index is 11.3. The molecule has 2 fully saturated rings. The summed E-state index contributed by atoms with van der Waals surface area (Å²) in [5.41, 5.74) is 2.92. The molecule has 0 unspecified atom stereocenters. The van der Waals surface area contributed by atoms with E-state index in [4.69, 9.17) is 14.1 Å². The average Bonchev–Trinajstić information content (AvgIpc) is 3.39. The van der Waals surface area contributed by atoms with Crippen LogP contribution in [0.15, 0.2) is 16.5 Å². The van der Waals surface area contributed by atoms with Crippen molar-refractivity contribution in [2.24, 2.45) is 18.9 Å². The Hall–Kier alpha value is -3.30. The van der Waals surface area contributed by atoms with Crippen LogP contribution < -0.4 is 4.74 Å². The minimum absolute atomic E-state index is 0.111. The van der Waals surface area contributed by atoms with Gasteiger partial charge in [0.1, 0.15) is 11.4 Å². The maximum atomic E-state index is 11.3. The molecule has 0 bridgehead atoms. The highest BCUT2D eigenvalue weighted by Crippen LogP contribution is 2.33. The van der Waals surface area contributed by atoms with Crippen molar-refractivity contribution in [3.63, 3.8) is 0 Å². The number of aryl methyl sites for hydroxylation is 2. The Morgan fingerprint density at radius 1 is 1.18 bits per heavy atom. The summed E-state index contributed by atoms with van der Waals surface area (Å²) < 4.78 is 13.7. The number of nitrogens with zero attached hydrogens (tertiary/aromatic N) is 6. The van der Waals surface area contributed by atoms with E-state index in [0.29, 0.717) is 54.1 Å². The average molecular weight is 453 g/mol. The minimum Gasteiger partial charge on any atom is -0.489 e. The van der Waals surface area contributed by atoms with Crippen molar-refractivity contribution in [1.29, 1.82) is 0 Å². The molecule has 2 aliphatic carbocycles. The Bertz CT molecular complexity index is 1150. The molecule has 0 saturated heterocycles. The Morgan fingerprint density at radius 3 is 2.76 bits per heavy atom. The molecule has 10 heteroatoms. The van der Waals surface area contributed by atoms with E-state index in [9.17, 15) is 9.90 Å². The summed E-state index contributed by atoms with van der Waals surface area (Å²) >= 11 is 0. The summed E-state index contributed by atoms with van der Waals surface area (Å²) in [6, 6.07) is 3.74. The topological polar surface area (TPSA) is 129 Å². The third-order valence-electron chi connectivity index (χ3n) is 6.48. The first-order chi connectivity index (χ1) is 16.0. The summed E-state index contributed by atoms with van der Waals surface area (Å²) in [7, 11) is 1.83. The van der Waals surface area contributed by atoms with Crippen LogP contribution in [0, 0.1) is 18.8 Å². The summed E-state index contributed by atoms with van der Waals surface area (Å²) in [6.07, 6.45) is 6.58. The largest absolute Gasteiger partial charge is 0.489 e. The predicted octanol–water partition coefficient (Wildman–Crippen LogP) is 3.13. The summed E-state index contributed by atoms with van der Waals surface area (Å²) in [5, 5.41) is 26.2. The molecule has 2 atom stereocenters. The van der Waals surface area contributed by atoms with Crippen molar-refractivity contribution in [2.45, 2.75) is 64.4 Å². The van der Waals surface area contributed by atoms with Crippen LogP contribution in [0.1, 0.15) is 61.7 Å². The van der Waals surface area contributed by atoms with Crippen molar-refractivity contribution < 1.29 is 19.1 Å². The van der Waals surface area contributed by atoms with E-state index in [1.165, 1.54) is 12.8 Å². The number of carboxylic acids is 1. The number of aromatic nitrogens is 6. The van der Waals surface area contributed by atoms with Crippen LogP contribution in [0.25, 0.3) is 11.4 Å². The van der Waals surface area contributed by atoms with Gasteiger partial charge in [-0.05, 0) is 63.5 Å². The molecule has 1 N–H and O–H groups in total. The zero-order chi connectivity index (χ0) is 22.9. The van der Waals surface area contributed by atoms with Crippen molar-refractivity contribution in [2.75, 3.05) is 0 Å². The van der Waals surface area contributed by atoms with Crippen LogP contribution in [0.5, 0.6) is 5.75 Å². The van der Waals surface area contributed by atoms with Crippen LogP contribution in [0.3, 0.4) is 0 Å². The molecule has 0 radical (unpaired) electrons. The molecule has 3 heterocycles. The third-order valence-corrected chi connectivity index (χ3v) is 6.48. The van der Waals surface area contributed by atoms with Crippen molar-refractivity contribution in [3.8, 4) is 17.1 Å². The van der Waals surface area contributed by atoms with E-state index >= 15 is 0 Å². The molecule has 3 aromatic rings. The third kappa shape index (κ3) is 4.89. The zero-order valence-corrected chi connectivity index (χ0v) is 18.9. The second kappa shape index (κ2) is 8.92. The maximum Gasteiger partial charge on any atom is 0.306 e. The molecule has 3 aromatic heterocycles. The number of hydrogen-bond acceptors (Lipinski definition) is 8. The highest BCUT2D eigenvalue weighted by atomic mass is 16.5. The molecule has 2 aliphatic rings. The van der Waals surface area contributed by atoms with Gasteiger partial charge >= 0.3 is 5.97 Å². The van der Waals surface area contributed by atoms with E-state index in [1.807, 2.05) is 26.1 Å². The summed E-state index contributed by atoms with van der Waals surface area (Å²) in [6.45, 7) is 1.88. The first kappa shape index (κ1) is 21.5. The lowest BCUT2D eigenvalue weighted by Gasteiger charge is -2.27. The van der Waals surface area contributed by atoms with Gasteiger partial charge in [0.05, 0.1) is 35.5 Å². The first-order valence-electron chi connectivity index (χ1n) is 11.5. The molecule has 10 nitrogen and oxygen atoms in total. The molecule has 2 saturated carbocycles. The molecular formula is C23H28N6O4. The van der Waals surface area contributed by atoms with Crippen molar-refractivity contribution in [1.82, 2.24) is 30.2 Å². The molecular weight excluding hydrogens is 424 g/mol. The summed E-state index contributed by atoms with van der Waals surface area (Å²) in [5.74, 6) is 1.50. The molecule has 0 aliphatic heterocycles. The minimum atomic E-state index is -0.746. The van der Waals surface area contributed by atoms with Gasteiger partial charge < -0.3 is 14.3 Å². The van der Waals surface area contributed by atoms with Gasteiger partial charge in [0.2, 0.25) is 11.8 Å². The van der Waals surface area contributed by atoms with Crippen LogP contribution >= 0.6 is 0 Å². The molecule has 174 valence electrons. The summed E-state index contributed by atoms with van der Waals surface area (Å²) in [4.78, 5) is 16.0. The number of ether oxygens (including phenoxy) is 1. The fraction of sp³-hybridized carbons (Fsp3) is 0.565. The fourth-order valence-corrected chi connectivity index (χ4v) is 4.39. The lowest BCUT2D eigenvalue weighted by molar-refractivity contribution is -0.143. The van der Waals surface area contributed by atoms with E-state index in [0.717, 1.165) is 30.7 Å². The Kier molecular flexibility index (Phi) is 5.82. The van der Waals surface area contributed by atoms with E-state index < -0.39 is 5.97 Å². The molecule has 0 spiro atoms. The molecule has 0 amide bonds. The number of aliphatic carboxylic acids is 1. The predicted molar refractivity (Wildman–Crippen MR) is 117 cm³/mol. The lowest BCUT2D eigenvalue weighted by Crippen LogP contribution is -2.29. The molecule has 5 rings (SSSR count). The number of rotatable bonds is 8. The normalized spacial score (nSPS) is 20.7. The fourth-order valence-electron chi connectivity index (χ4n) is 4.39. The van der Waals surface area contributed by atoms with Gasteiger partial charge in [-0.2, -0.15) is 0 Å². The van der Waals surface area contributed by atoms with Gasteiger partial charge in [-0.3, -0.25) is 9.48 Å². The number of hydrogen-bond donors (Lipinski definition) is 1. The molecule has 0 aromatic carbocycles. The van der Waals surface area contributed by atoms with E-state index in [-0.39, 0.29) is 12.0 Å². The van der Waals surface area contributed by atoms with Crippen LogP contribution in [0.4, 0.5) is 0 Å². The van der Waals surface area contributed by atoms with Crippen molar-refractivity contribution >= 4 is 5.97 Å². The van der Waals surface area contributed by atoms with Gasteiger partial charge in [-0.25, -0.2) is 4.98 Å². The lowest BCUT2D eigenvalue weighted by atomic mass is 9.87. The second-order valence-corrected chi connectivity index (χ2v) is 9.14. The SMILES string of the molecule is Cc1nc(-c2nnn(C)c2Cc2nnc(CC3CC3)o2)ccc1O[C@H]1CCC[C@H](C(=O)O)C1. The van der Waals surface area contributed by atoms with E-state index in [1.54, 1.807) is 4.68 Å². The Morgan fingerprint density at radius 2 is 2.00 bits per heavy atom. The Balaban J connectivity index is 1.31. The van der Waals surface area contributed by atoms with Gasteiger partial charge in [-0.15, -0.1) is 15.3 Å². The molecule has 33 heavy (non-hydrogen) atoms. The smallest absolute Gasteiger partial charge is 0.306 e. The van der Waals surface area contributed by atoms with Crippen LogP contribution in [-0.4, -0.2) is 47.4 Å². The van der Waals surface area contributed by atoms with Gasteiger partial charge in [0.25, 0.3) is 0 Å². The first-order valence-corrected chi connectivity index (χ1v) is 11.5.